The Labute approximate surface area is 165 Å². The van der Waals surface area contributed by atoms with Gasteiger partial charge in [0.05, 0.1) is 6.54 Å². The fourth-order valence-electron chi connectivity index (χ4n) is 3.46. The van der Waals surface area contributed by atoms with Gasteiger partial charge in [0.2, 0.25) is 0 Å². The molecule has 1 heterocycles. The predicted octanol–water partition coefficient (Wildman–Crippen LogP) is 4.89. The van der Waals surface area contributed by atoms with E-state index in [9.17, 15) is 4.79 Å². The SMILES string of the molecule is Cc1cccc(-c2cccc3c2OC(CNC(=O)OCc2ccccc2)C3)c1. The number of carbonyl (C=O) groups is 1. The van der Waals surface area contributed by atoms with E-state index in [1.54, 1.807) is 0 Å². The first-order valence-corrected chi connectivity index (χ1v) is 9.49. The molecule has 0 bridgehead atoms. The van der Waals surface area contributed by atoms with Gasteiger partial charge in [0.25, 0.3) is 0 Å². The molecule has 4 heteroatoms. The van der Waals surface area contributed by atoms with Crippen molar-refractivity contribution in [3.63, 3.8) is 0 Å². The smallest absolute Gasteiger partial charge is 0.407 e. The van der Waals surface area contributed by atoms with Gasteiger partial charge >= 0.3 is 6.09 Å². The van der Waals surface area contributed by atoms with Gasteiger partial charge in [0.15, 0.2) is 0 Å². The zero-order valence-corrected chi connectivity index (χ0v) is 15.9. The Bertz CT molecular complexity index is 969. The summed E-state index contributed by atoms with van der Waals surface area (Å²) >= 11 is 0. The molecule has 0 saturated carbocycles. The van der Waals surface area contributed by atoms with E-state index < -0.39 is 6.09 Å². The summed E-state index contributed by atoms with van der Waals surface area (Å²) in [5.41, 5.74) is 5.59. The van der Waals surface area contributed by atoms with Gasteiger partial charge in [-0.15, -0.1) is 0 Å². The van der Waals surface area contributed by atoms with Crippen LogP contribution in [0.25, 0.3) is 11.1 Å². The highest BCUT2D eigenvalue weighted by atomic mass is 16.5. The number of fused-ring (bicyclic) bond motifs is 1. The lowest BCUT2D eigenvalue weighted by Gasteiger charge is -2.14. The summed E-state index contributed by atoms with van der Waals surface area (Å²) in [6.07, 6.45) is 0.251. The van der Waals surface area contributed by atoms with Crippen LogP contribution >= 0.6 is 0 Å². The second kappa shape index (κ2) is 8.17. The lowest BCUT2D eigenvalue weighted by atomic mass is 9.99. The molecule has 0 aliphatic carbocycles. The summed E-state index contributed by atoms with van der Waals surface area (Å²) in [5, 5.41) is 2.81. The van der Waals surface area contributed by atoms with E-state index in [4.69, 9.17) is 9.47 Å². The highest BCUT2D eigenvalue weighted by Crippen LogP contribution is 2.38. The third-order valence-corrected chi connectivity index (χ3v) is 4.84. The van der Waals surface area contributed by atoms with Gasteiger partial charge < -0.3 is 14.8 Å². The van der Waals surface area contributed by atoms with E-state index in [0.29, 0.717) is 6.54 Å². The fourth-order valence-corrected chi connectivity index (χ4v) is 3.46. The van der Waals surface area contributed by atoms with Gasteiger partial charge in [-0.25, -0.2) is 4.79 Å². The zero-order chi connectivity index (χ0) is 19.3. The number of alkyl carbamates (subject to hydrolysis) is 1. The molecule has 142 valence electrons. The largest absolute Gasteiger partial charge is 0.487 e. The number of carbonyl (C=O) groups excluding carboxylic acids is 1. The van der Waals surface area contributed by atoms with Crippen LogP contribution in [-0.4, -0.2) is 18.7 Å². The first-order valence-electron chi connectivity index (χ1n) is 9.49. The number of ether oxygens (including phenoxy) is 2. The van der Waals surface area contributed by atoms with E-state index in [2.05, 4.69) is 54.7 Å². The number of aryl methyl sites for hydroxylation is 1. The Kier molecular flexibility index (Phi) is 5.29. The summed E-state index contributed by atoms with van der Waals surface area (Å²) in [6.45, 7) is 2.76. The molecule has 0 saturated heterocycles. The van der Waals surface area contributed by atoms with Crippen LogP contribution in [0.15, 0.2) is 72.8 Å². The summed E-state index contributed by atoms with van der Waals surface area (Å²) in [6, 6.07) is 24.3. The molecule has 0 radical (unpaired) electrons. The summed E-state index contributed by atoms with van der Waals surface area (Å²) in [4.78, 5) is 12.0. The van der Waals surface area contributed by atoms with E-state index in [1.165, 1.54) is 11.1 Å². The van der Waals surface area contributed by atoms with Crippen LogP contribution in [0.2, 0.25) is 0 Å². The molecule has 1 N–H and O–H groups in total. The average Bonchev–Trinajstić information content (AvgIpc) is 3.14. The second-order valence-corrected chi connectivity index (χ2v) is 7.05. The Morgan fingerprint density at radius 2 is 1.89 bits per heavy atom. The standard InChI is InChI=1S/C24H23NO3/c1-17-7-5-10-19(13-17)22-12-6-11-20-14-21(28-23(20)22)15-25-24(26)27-16-18-8-3-2-4-9-18/h2-13,21H,14-16H2,1H3,(H,25,26). The van der Waals surface area contributed by atoms with Crippen LogP contribution in [0, 0.1) is 6.92 Å². The fraction of sp³-hybridized carbons (Fsp3) is 0.208. The number of para-hydroxylation sites is 1. The van der Waals surface area contributed by atoms with Crippen molar-refractivity contribution >= 4 is 6.09 Å². The summed E-state index contributed by atoms with van der Waals surface area (Å²) < 4.78 is 11.4. The molecule has 0 aromatic heterocycles. The van der Waals surface area contributed by atoms with E-state index in [-0.39, 0.29) is 12.7 Å². The number of benzene rings is 3. The van der Waals surface area contributed by atoms with Crippen molar-refractivity contribution in [1.29, 1.82) is 0 Å². The number of amides is 1. The molecule has 28 heavy (non-hydrogen) atoms. The minimum Gasteiger partial charge on any atom is -0.487 e. The maximum Gasteiger partial charge on any atom is 0.407 e. The van der Waals surface area contributed by atoms with E-state index >= 15 is 0 Å². The molecule has 0 fully saturated rings. The first-order chi connectivity index (χ1) is 13.7. The lowest BCUT2D eigenvalue weighted by Crippen LogP contribution is -2.34. The van der Waals surface area contributed by atoms with Crippen LogP contribution in [0.5, 0.6) is 5.75 Å². The molecule has 0 spiro atoms. The lowest BCUT2D eigenvalue weighted by molar-refractivity contribution is 0.133. The predicted molar refractivity (Wildman–Crippen MR) is 109 cm³/mol. The molecule has 1 atom stereocenters. The van der Waals surface area contributed by atoms with Crippen LogP contribution in [0.1, 0.15) is 16.7 Å². The Morgan fingerprint density at radius 1 is 1.07 bits per heavy atom. The van der Waals surface area contributed by atoms with Gasteiger partial charge in [-0.3, -0.25) is 0 Å². The number of hydrogen-bond acceptors (Lipinski definition) is 3. The molecule has 3 aromatic rings. The molecule has 1 aliphatic rings. The van der Waals surface area contributed by atoms with Crippen LogP contribution < -0.4 is 10.1 Å². The highest BCUT2D eigenvalue weighted by molar-refractivity contribution is 5.73. The monoisotopic (exact) mass is 373 g/mol. The van der Waals surface area contributed by atoms with E-state index in [0.717, 1.165) is 28.9 Å². The Hall–Kier alpha value is -3.27. The van der Waals surface area contributed by atoms with E-state index in [1.807, 2.05) is 30.3 Å². The molecule has 4 nitrogen and oxygen atoms in total. The highest BCUT2D eigenvalue weighted by Gasteiger charge is 2.26. The van der Waals surface area contributed by atoms with Crippen molar-refractivity contribution in [2.24, 2.45) is 0 Å². The second-order valence-electron chi connectivity index (χ2n) is 7.05. The minimum absolute atomic E-state index is 0.0924. The minimum atomic E-state index is -0.428. The maximum atomic E-state index is 12.0. The van der Waals surface area contributed by atoms with Crippen molar-refractivity contribution < 1.29 is 14.3 Å². The number of nitrogens with one attached hydrogen (secondary N) is 1. The molecule has 3 aromatic carbocycles. The van der Waals surface area contributed by atoms with Crippen molar-refractivity contribution in [3.05, 3.63) is 89.5 Å². The van der Waals surface area contributed by atoms with Crippen LogP contribution in [-0.2, 0) is 17.8 Å². The summed E-state index contributed by atoms with van der Waals surface area (Å²) in [7, 11) is 0. The average molecular weight is 373 g/mol. The van der Waals surface area contributed by atoms with Gasteiger partial charge in [-0.05, 0) is 23.6 Å². The summed E-state index contributed by atoms with van der Waals surface area (Å²) in [5.74, 6) is 0.914. The van der Waals surface area contributed by atoms with Crippen molar-refractivity contribution in [1.82, 2.24) is 5.32 Å². The molecule has 1 amide bonds. The van der Waals surface area contributed by atoms with Gasteiger partial charge in [0, 0.05) is 12.0 Å². The molecular formula is C24H23NO3. The zero-order valence-electron chi connectivity index (χ0n) is 15.9. The molecule has 1 unspecified atom stereocenters. The van der Waals surface area contributed by atoms with Gasteiger partial charge in [0.1, 0.15) is 18.5 Å². The first kappa shape index (κ1) is 18.1. The molecular weight excluding hydrogens is 350 g/mol. The molecule has 1 aliphatic heterocycles. The number of rotatable bonds is 5. The Balaban J connectivity index is 1.35. The quantitative estimate of drug-likeness (QED) is 0.692. The van der Waals surface area contributed by atoms with Gasteiger partial charge in [-0.2, -0.15) is 0 Å². The van der Waals surface area contributed by atoms with Gasteiger partial charge in [-0.1, -0.05) is 78.4 Å². The third-order valence-electron chi connectivity index (χ3n) is 4.84. The molecule has 4 rings (SSSR count). The Morgan fingerprint density at radius 3 is 2.71 bits per heavy atom. The van der Waals surface area contributed by atoms with Crippen LogP contribution in [0.3, 0.4) is 0 Å². The topological polar surface area (TPSA) is 47.6 Å². The van der Waals surface area contributed by atoms with Crippen molar-refractivity contribution in [2.45, 2.75) is 26.1 Å². The van der Waals surface area contributed by atoms with Crippen molar-refractivity contribution in [3.8, 4) is 16.9 Å². The normalized spacial score (nSPS) is 14.8. The third kappa shape index (κ3) is 4.17. The van der Waals surface area contributed by atoms with Crippen LogP contribution in [0.4, 0.5) is 4.79 Å². The maximum absolute atomic E-state index is 12.0. The number of hydrogen-bond donors (Lipinski definition) is 1. The van der Waals surface area contributed by atoms with Crippen molar-refractivity contribution in [2.75, 3.05) is 6.54 Å².